The number of nitro benzene ring substituents is 1. The Bertz CT molecular complexity index is 419. The predicted molar refractivity (Wildman–Crippen MR) is 46.6 cm³/mol. The summed E-state index contributed by atoms with van der Waals surface area (Å²) in [6.45, 7) is 1.32. The van der Waals surface area contributed by atoms with E-state index < -0.39 is 10.9 Å². The van der Waals surface area contributed by atoms with Crippen LogP contribution in [0.15, 0.2) is 12.1 Å². The Labute approximate surface area is 108 Å². The minimum absolute atomic E-state index is 0. The van der Waals surface area contributed by atoms with Gasteiger partial charge >= 0.3 is 29.6 Å². The first-order valence-electron chi connectivity index (χ1n) is 3.70. The molecule has 6 nitrogen and oxygen atoms in total. The molecule has 1 aromatic carbocycles. The molecule has 74 valence electrons. The topological polar surface area (TPSA) is 109 Å². The molecule has 0 aliphatic heterocycles. The van der Waals surface area contributed by atoms with Crippen molar-refractivity contribution in [1.29, 1.82) is 0 Å². The van der Waals surface area contributed by atoms with Crippen molar-refractivity contribution < 1.29 is 44.4 Å². The van der Waals surface area contributed by atoms with Gasteiger partial charge in [0.15, 0.2) is 0 Å². The molecule has 2 N–H and O–H groups in total. The molecule has 0 spiro atoms. The van der Waals surface area contributed by atoms with Crippen molar-refractivity contribution in [2.75, 3.05) is 5.73 Å². The van der Waals surface area contributed by atoms with Crippen molar-refractivity contribution in [1.82, 2.24) is 0 Å². The van der Waals surface area contributed by atoms with Crippen molar-refractivity contribution in [2.45, 2.75) is 6.92 Å². The average Bonchev–Trinajstić information content (AvgIpc) is 2.02. The van der Waals surface area contributed by atoms with E-state index in [1.54, 1.807) is 0 Å². The zero-order valence-electron chi connectivity index (χ0n) is 8.31. The van der Waals surface area contributed by atoms with Gasteiger partial charge in [0.2, 0.25) is 0 Å². The van der Waals surface area contributed by atoms with E-state index >= 15 is 0 Å². The summed E-state index contributed by atoms with van der Waals surface area (Å²) in [5.74, 6) is -1.51. The first kappa shape index (κ1) is 13.9. The molecule has 0 radical (unpaired) electrons. The van der Waals surface area contributed by atoms with E-state index in [9.17, 15) is 20.0 Å². The van der Waals surface area contributed by atoms with Gasteiger partial charge < -0.3 is 15.6 Å². The van der Waals surface area contributed by atoms with Crippen molar-refractivity contribution >= 4 is 17.3 Å². The summed E-state index contributed by atoms with van der Waals surface area (Å²) < 4.78 is 0. The molecule has 0 aromatic heterocycles. The van der Waals surface area contributed by atoms with Crippen LogP contribution in [0.2, 0.25) is 0 Å². The second kappa shape index (κ2) is 5.11. The Balaban J connectivity index is 0.00000196. The third-order valence-electron chi connectivity index (χ3n) is 1.87. The van der Waals surface area contributed by atoms with Crippen LogP contribution in [0, 0.1) is 17.0 Å². The number of hydrogen-bond acceptors (Lipinski definition) is 5. The molecule has 0 amide bonds. The van der Waals surface area contributed by atoms with E-state index in [1.807, 2.05) is 0 Å². The van der Waals surface area contributed by atoms with E-state index in [0.29, 0.717) is 0 Å². The molecule has 0 atom stereocenters. The van der Waals surface area contributed by atoms with Crippen molar-refractivity contribution in [3.63, 3.8) is 0 Å². The van der Waals surface area contributed by atoms with E-state index in [-0.39, 0.29) is 52.1 Å². The van der Waals surface area contributed by atoms with E-state index in [1.165, 1.54) is 13.0 Å². The number of carbonyl (C=O) groups excluding carboxylic acids is 1. The van der Waals surface area contributed by atoms with Crippen LogP contribution in [-0.2, 0) is 0 Å². The van der Waals surface area contributed by atoms with Gasteiger partial charge in [0, 0.05) is 22.9 Å². The summed E-state index contributed by atoms with van der Waals surface area (Å²) in [6.07, 6.45) is 0. The number of nitrogens with zero attached hydrogens (tertiary/aromatic N) is 1. The van der Waals surface area contributed by atoms with Gasteiger partial charge in [-0.3, -0.25) is 10.1 Å². The third kappa shape index (κ3) is 2.68. The van der Waals surface area contributed by atoms with E-state index in [2.05, 4.69) is 0 Å². The SMILES string of the molecule is Cc1c([N+](=O)[O-])ccc(N)c1C(=O)[O-].[Na+]. The second-order valence-electron chi connectivity index (χ2n) is 2.72. The van der Waals surface area contributed by atoms with Crippen LogP contribution in [0.5, 0.6) is 0 Å². The fraction of sp³-hybridized carbons (Fsp3) is 0.125. The van der Waals surface area contributed by atoms with Gasteiger partial charge in [-0.1, -0.05) is 0 Å². The molecule has 7 heteroatoms. The van der Waals surface area contributed by atoms with Crippen LogP contribution >= 0.6 is 0 Å². The number of anilines is 1. The Kier molecular flexibility index (Phi) is 4.73. The number of hydrogen-bond donors (Lipinski definition) is 1. The quantitative estimate of drug-likeness (QED) is 0.244. The van der Waals surface area contributed by atoms with Crippen LogP contribution in [0.25, 0.3) is 0 Å². The molecular weight excluding hydrogens is 211 g/mol. The number of aromatic carboxylic acids is 1. The molecule has 0 unspecified atom stereocenters. The number of nitro groups is 1. The molecular formula is C8H7N2NaO4. The molecule has 1 rings (SSSR count). The number of nitrogens with two attached hydrogens (primary N) is 1. The zero-order chi connectivity index (χ0) is 10.9. The Hall–Kier alpha value is -1.11. The Morgan fingerprint density at radius 3 is 2.40 bits per heavy atom. The number of rotatable bonds is 2. The van der Waals surface area contributed by atoms with Gasteiger partial charge in [0.25, 0.3) is 5.69 Å². The summed E-state index contributed by atoms with van der Waals surface area (Å²) >= 11 is 0. The number of carbonyl (C=O) groups is 1. The minimum Gasteiger partial charge on any atom is -0.545 e. The summed E-state index contributed by atoms with van der Waals surface area (Å²) in [7, 11) is 0. The first-order valence-corrected chi connectivity index (χ1v) is 3.70. The Morgan fingerprint density at radius 2 is 2.00 bits per heavy atom. The maximum atomic E-state index is 10.6. The van der Waals surface area contributed by atoms with Crippen molar-refractivity contribution in [2.24, 2.45) is 0 Å². The molecule has 0 bridgehead atoms. The van der Waals surface area contributed by atoms with Crippen LogP contribution in [0.1, 0.15) is 15.9 Å². The van der Waals surface area contributed by atoms with Gasteiger partial charge in [-0.15, -0.1) is 0 Å². The van der Waals surface area contributed by atoms with E-state index in [4.69, 9.17) is 5.73 Å². The first-order chi connectivity index (χ1) is 6.45. The number of carboxylic acid groups (broad SMARTS) is 1. The van der Waals surface area contributed by atoms with Crippen LogP contribution in [-0.4, -0.2) is 10.9 Å². The summed E-state index contributed by atoms with van der Waals surface area (Å²) in [5, 5.41) is 21.1. The van der Waals surface area contributed by atoms with Crippen molar-refractivity contribution in [3.8, 4) is 0 Å². The standard InChI is InChI=1S/C8H8N2O4.Na/c1-4-6(10(13)14)3-2-5(9)7(4)8(11)12;/h2-3H,9H2,1H3,(H,11,12);/q;+1/p-1. The molecule has 1 aromatic rings. The van der Waals surface area contributed by atoms with E-state index in [0.717, 1.165) is 6.07 Å². The monoisotopic (exact) mass is 218 g/mol. The van der Waals surface area contributed by atoms with Gasteiger partial charge in [-0.25, -0.2) is 0 Å². The molecule has 0 aliphatic rings. The number of carboxylic acids is 1. The minimum atomic E-state index is -1.51. The molecule has 15 heavy (non-hydrogen) atoms. The van der Waals surface area contributed by atoms with Crippen LogP contribution < -0.4 is 40.4 Å². The fourth-order valence-electron chi connectivity index (χ4n) is 1.19. The zero-order valence-corrected chi connectivity index (χ0v) is 10.3. The number of nitrogen functional groups attached to an aromatic ring is 1. The normalized spacial score (nSPS) is 9.13. The smallest absolute Gasteiger partial charge is 0.545 e. The molecule has 0 heterocycles. The fourth-order valence-corrected chi connectivity index (χ4v) is 1.19. The largest absolute Gasteiger partial charge is 1.00 e. The summed E-state index contributed by atoms with van der Waals surface area (Å²) in [5.41, 5.74) is 4.72. The second-order valence-corrected chi connectivity index (χ2v) is 2.72. The van der Waals surface area contributed by atoms with Gasteiger partial charge in [-0.05, 0) is 13.0 Å². The van der Waals surface area contributed by atoms with Crippen LogP contribution in [0.3, 0.4) is 0 Å². The predicted octanol–water partition coefficient (Wildman–Crippen LogP) is -3.15. The Morgan fingerprint density at radius 1 is 1.47 bits per heavy atom. The van der Waals surface area contributed by atoms with Gasteiger partial charge in [0.1, 0.15) is 0 Å². The maximum absolute atomic E-state index is 10.6. The van der Waals surface area contributed by atoms with Gasteiger partial charge in [-0.2, -0.15) is 0 Å². The van der Waals surface area contributed by atoms with Crippen molar-refractivity contribution in [3.05, 3.63) is 33.4 Å². The van der Waals surface area contributed by atoms with Crippen LogP contribution in [0.4, 0.5) is 11.4 Å². The summed E-state index contributed by atoms with van der Waals surface area (Å²) in [6, 6.07) is 2.34. The molecule has 0 fully saturated rings. The maximum Gasteiger partial charge on any atom is 1.00 e. The number of benzene rings is 1. The summed E-state index contributed by atoms with van der Waals surface area (Å²) in [4.78, 5) is 20.4. The average molecular weight is 218 g/mol. The molecule has 0 saturated carbocycles. The van der Waals surface area contributed by atoms with Gasteiger partial charge in [0.05, 0.1) is 10.9 Å². The molecule has 0 aliphatic carbocycles. The molecule has 0 saturated heterocycles. The third-order valence-corrected chi connectivity index (χ3v) is 1.87.